The van der Waals surface area contributed by atoms with E-state index in [-0.39, 0.29) is 12.4 Å². The van der Waals surface area contributed by atoms with E-state index in [0.29, 0.717) is 0 Å². The first-order chi connectivity index (χ1) is 5.38. The second-order valence-corrected chi connectivity index (χ2v) is 3.88. The Kier molecular flexibility index (Phi) is 3.81. The third-order valence-electron chi connectivity index (χ3n) is 3.11. The minimum atomic E-state index is 0. The van der Waals surface area contributed by atoms with E-state index in [4.69, 9.17) is 0 Å². The molecule has 1 N–H and O–H groups in total. The Labute approximate surface area is 81.1 Å². The highest BCUT2D eigenvalue weighted by Gasteiger charge is 2.29. The van der Waals surface area contributed by atoms with E-state index >= 15 is 0 Å². The summed E-state index contributed by atoms with van der Waals surface area (Å²) in [5.74, 6) is 0. The van der Waals surface area contributed by atoms with Crippen LogP contribution in [0.3, 0.4) is 0 Å². The Morgan fingerprint density at radius 3 is 2.67 bits per heavy atom. The van der Waals surface area contributed by atoms with Crippen LogP contribution in [0.15, 0.2) is 0 Å². The zero-order chi connectivity index (χ0) is 7.68. The molecule has 0 bridgehead atoms. The van der Waals surface area contributed by atoms with Crippen molar-refractivity contribution >= 4 is 12.4 Å². The zero-order valence-electron chi connectivity index (χ0n) is 7.75. The van der Waals surface area contributed by atoms with Gasteiger partial charge in [-0.15, -0.1) is 12.4 Å². The zero-order valence-corrected chi connectivity index (χ0v) is 8.57. The number of nitrogens with zero attached hydrogens (tertiary/aromatic N) is 1. The predicted molar refractivity (Wildman–Crippen MR) is 53.9 cm³/mol. The third-order valence-corrected chi connectivity index (χ3v) is 3.11. The molecule has 0 aromatic rings. The van der Waals surface area contributed by atoms with Crippen LogP contribution in [-0.2, 0) is 0 Å². The van der Waals surface area contributed by atoms with Gasteiger partial charge in [-0.25, -0.2) is 0 Å². The van der Waals surface area contributed by atoms with Gasteiger partial charge >= 0.3 is 0 Å². The molecule has 0 aliphatic carbocycles. The number of rotatable bonds is 1. The molecule has 0 aromatic carbocycles. The van der Waals surface area contributed by atoms with Crippen molar-refractivity contribution in [2.24, 2.45) is 0 Å². The summed E-state index contributed by atoms with van der Waals surface area (Å²) < 4.78 is 0. The van der Waals surface area contributed by atoms with E-state index in [2.05, 4.69) is 17.1 Å². The average molecular weight is 191 g/mol. The molecule has 12 heavy (non-hydrogen) atoms. The van der Waals surface area contributed by atoms with Gasteiger partial charge in [-0.2, -0.15) is 0 Å². The summed E-state index contributed by atoms with van der Waals surface area (Å²) in [5.41, 5.74) is 0. The van der Waals surface area contributed by atoms with Crippen molar-refractivity contribution < 1.29 is 0 Å². The molecule has 2 saturated heterocycles. The number of hydrogen-bond donors (Lipinski definition) is 1. The monoisotopic (exact) mass is 190 g/mol. The first-order valence-electron chi connectivity index (χ1n) is 4.84. The molecule has 1 unspecified atom stereocenters. The maximum Gasteiger partial charge on any atom is 0.0235 e. The van der Waals surface area contributed by atoms with E-state index in [1.54, 1.807) is 0 Å². The van der Waals surface area contributed by atoms with Crippen LogP contribution in [0.25, 0.3) is 0 Å². The van der Waals surface area contributed by atoms with E-state index in [0.717, 1.165) is 12.1 Å². The summed E-state index contributed by atoms with van der Waals surface area (Å²) in [6.07, 6.45) is 4.19. The summed E-state index contributed by atoms with van der Waals surface area (Å²) in [7, 11) is 0. The van der Waals surface area contributed by atoms with Gasteiger partial charge in [0.1, 0.15) is 0 Å². The number of likely N-dealkylation sites (tertiary alicyclic amines) is 1. The molecule has 2 aliphatic rings. The molecule has 0 radical (unpaired) electrons. The van der Waals surface area contributed by atoms with Crippen LogP contribution >= 0.6 is 12.4 Å². The number of nitrogens with one attached hydrogen (secondary N) is 1. The van der Waals surface area contributed by atoms with Gasteiger partial charge in [0.05, 0.1) is 0 Å². The molecule has 72 valence electrons. The molecule has 2 nitrogen and oxygen atoms in total. The third kappa shape index (κ3) is 1.93. The standard InChI is InChI=1S/C9H18N2.ClH/c1-8-3-2-6-11(8)9-4-5-10-7-9;/h8-10H,2-7H2,1H3;1H/t8-,9?;/m0./s1. The number of hydrogen-bond acceptors (Lipinski definition) is 2. The smallest absolute Gasteiger partial charge is 0.0235 e. The van der Waals surface area contributed by atoms with Crippen LogP contribution < -0.4 is 5.32 Å². The van der Waals surface area contributed by atoms with Gasteiger partial charge in [0.2, 0.25) is 0 Å². The second-order valence-electron chi connectivity index (χ2n) is 3.88. The largest absolute Gasteiger partial charge is 0.315 e. The predicted octanol–water partition coefficient (Wildman–Crippen LogP) is 1.25. The first kappa shape index (κ1) is 10.3. The fraction of sp³-hybridized carbons (Fsp3) is 1.00. The summed E-state index contributed by atoms with van der Waals surface area (Å²) >= 11 is 0. The molecule has 0 amide bonds. The Bertz CT molecular complexity index is 134. The lowest BCUT2D eigenvalue weighted by molar-refractivity contribution is 0.202. The fourth-order valence-electron chi connectivity index (χ4n) is 2.42. The highest BCUT2D eigenvalue weighted by atomic mass is 35.5. The van der Waals surface area contributed by atoms with Crippen molar-refractivity contribution in [3.05, 3.63) is 0 Å². The van der Waals surface area contributed by atoms with Crippen LogP contribution in [0.4, 0.5) is 0 Å². The SMILES string of the molecule is C[C@H]1CCCN1C1CCNC1.Cl. The van der Waals surface area contributed by atoms with Crippen molar-refractivity contribution in [2.45, 2.75) is 38.3 Å². The summed E-state index contributed by atoms with van der Waals surface area (Å²) in [5, 5.41) is 3.43. The lowest BCUT2D eigenvalue weighted by Gasteiger charge is -2.27. The molecule has 0 spiro atoms. The second kappa shape index (κ2) is 4.45. The Balaban J connectivity index is 0.000000720. The van der Waals surface area contributed by atoms with Crippen molar-refractivity contribution in [3.63, 3.8) is 0 Å². The van der Waals surface area contributed by atoms with E-state index in [9.17, 15) is 0 Å². The maximum atomic E-state index is 3.43. The quantitative estimate of drug-likeness (QED) is 0.670. The molecule has 2 aliphatic heterocycles. The Morgan fingerprint density at radius 2 is 2.17 bits per heavy atom. The van der Waals surface area contributed by atoms with Crippen LogP contribution in [-0.4, -0.2) is 36.6 Å². The lowest BCUT2D eigenvalue weighted by Crippen LogP contribution is -2.38. The van der Waals surface area contributed by atoms with Crippen LogP contribution in [0.2, 0.25) is 0 Å². The highest BCUT2D eigenvalue weighted by molar-refractivity contribution is 5.85. The van der Waals surface area contributed by atoms with E-state index in [1.807, 2.05) is 0 Å². The molecule has 2 heterocycles. The topological polar surface area (TPSA) is 15.3 Å². The molecule has 2 fully saturated rings. The molecular weight excluding hydrogens is 172 g/mol. The van der Waals surface area contributed by atoms with E-state index in [1.165, 1.54) is 38.9 Å². The number of halogens is 1. The van der Waals surface area contributed by atoms with E-state index < -0.39 is 0 Å². The normalized spacial score (nSPS) is 36.8. The Morgan fingerprint density at radius 1 is 1.33 bits per heavy atom. The van der Waals surface area contributed by atoms with Crippen molar-refractivity contribution in [1.82, 2.24) is 10.2 Å². The van der Waals surface area contributed by atoms with Gasteiger partial charge in [-0.05, 0) is 39.3 Å². The minimum absolute atomic E-state index is 0. The molecule has 2 rings (SSSR count). The van der Waals surface area contributed by atoms with Gasteiger partial charge in [-0.1, -0.05) is 0 Å². The van der Waals surface area contributed by atoms with Gasteiger partial charge in [-0.3, -0.25) is 4.90 Å². The summed E-state index contributed by atoms with van der Waals surface area (Å²) in [6, 6.07) is 1.70. The fourth-order valence-corrected chi connectivity index (χ4v) is 2.42. The van der Waals surface area contributed by atoms with Crippen molar-refractivity contribution in [2.75, 3.05) is 19.6 Å². The summed E-state index contributed by atoms with van der Waals surface area (Å²) in [4.78, 5) is 2.68. The average Bonchev–Trinajstić information content (AvgIpc) is 2.55. The molecule has 3 heteroatoms. The van der Waals surface area contributed by atoms with Crippen LogP contribution in [0.5, 0.6) is 0 Å². The van der Waals surface area contributed by atoms with Gasteiger partial charge in [0.15, 0.2) is 0 Å². The van der Waals surface area contributed by atoms with Crippen LogP contribution in [0.1, 0.15) is 26.2 Å². The molecular formula is C9H19ClN2. The van der Waals surface area contributed by atoms with Crippen LogP contribution in [0, 0.1) is 0 Å². The van der Waals surface area contributed by atoms with Crippen molar-refractivity contribution in [1.29, 1.82) is 0 Å². The highest BCUT2D eigenvalue weighted by Crippen LogP contribution is 2.21. The molecule has 0 saturated carbocycles. The maximum absolute atomic E-state index is 3.43. The molecule has 0 aromatic heterocycles. The van der Waals surface area contributed by atoms with Gasteiger partial charge in [0, 0.05) is 18.6 Å². The van der Waals surface area contributed by atoms with Crippen molar-refractivity contribution in [3.8, 4) is 0 Å². The minimum Gasteiger partial charge on any atom is -0.315 e. The Hall–Kier alpha value is 0.210. The molecule has 2 atom stereocenters. The first-order valence-corrected chi connectivity index (χ1v) is 4.84. The van der Waals surface area contributed by atoms with Gasteiger partial charge in [0.25, 0.3) is 0 Å². The lowest BCUT2D eigenvalue weighted by atomic mass is 10.2. The summed E-state index contributed by atoms with van der Waals surface area (Å²) in [6.45, 7) is 6.16. The van der Waals surface area contributed by atoms with Gasteiger partial charge < -0.3 is 5.32 Å².